The maximum absolute atomic E-state index is 12.8. The van der Waals surface area contributed by atoms with Gasteiger partial charge in [-0.15, -0.1) is 0 Å². The van der Waals surface area contributed by atoms with Crippen molar-refractivity contribution >= 4 is 11.9 Å². The number of carboxylic acids is 1. The maximum atomic E-state index is 12.8. The van der Waals surface area contributed by atoms with E-state index in [2.05, 4.69) is 5.32 Å². The molecule has 2 atom stereocenters. The van der Waals surface area contributed by atoms with Crippen molar-refractivity contribution in [1.29, 1.82) is 0 Å². The smallest absolute Gasteiger partial charge is 0.417 e. The SMILES string of the molecule is O=C(N[C@@H]1CC[C@H](C(=O)O)C1)c1ccccc1C(F)(F)F. The lowest BCUT2D eigenvalue weighted by atomic mass is 10.1. The van der Waals surface area contributed by atoms with Crippen LogP contribution in [0.2, 0.25) is 0 Å². The van der Waals surface area contributed by atoms with Crippen LogP contribution in [0.4, 0.5) is 13.2 Å². The van der Waals surface area contributed by atoms with Crippen LogP contribution in [0.1, 0.15) is 35.2 Å². The van der Waals surface area contributed by atoms with Gasteiger partial charge in [-0.25, -0.2) is 0 Å². The van der Waals surface area contributed by atoms with Crippen LogP contribution in [0, 0.1) is 5.92 Å². The van der Waals surface area contributed by atoms with Crippen LogP contribution in [-0.2, 0) is 11.0 Å². The summed E-state index contributed by atoms with van der Waals surface area (Å²) in [6.07, 6.45) is -3.49. The Morgan fingerprint density at radius 3 is 2.43 bits per heavy atom. The van der Waals surface area contributed by atoms with E-state index in [9.17, 15) is 22.8 Å². The van der Waals surface area contributed by atoms with E-state index in [1.165, 1.54) is 12.1 Å². The van der Waals surface area contributed by atoms with Crippen LogP contribution in [-0.4, -0.2) is 23.0 Å². The van der Waals surface area contributed by atoms with E-state index in [4.69, 9.17) is 5.11 Å². The Balaban J connectivity index is 2.10. The summed E-state index contributed by atoms with van der Waals surface area (Å²) in [5.74, 6) is -2.31. The fourth-order valence-corrected chi connectivity index (χ4v) is 2.53. The van der Waals surface area contributed by atoms with Crippen molar-refractivity contribution in [2.45, 2.75) is 31.5 Å². The van der Waals surface area contributed by atoms with E-state index >= 15 is 0 Å². The van der Waals surface area contributed by atoms with Crippen molar-refractivity contribution in [2.75, 3.05) is 0 Å². The fraction of sp³-hybridized carbons (Fsp3) is 0.429. The van der Waals surface area contributed by atoms with Crippen molar-refractivity contribution in [2.24, 2.45) is 5.92 Å². The molecule has 0 saturated heterocycles. The minimum atomic E-state index is -4.60. The Morgan fingerprint density at radius 2 is 1.86 bits per heavy atom. The van der Waals surface area contributed by atoms with E-state index in [0.29, 0.717) is 12.8 Å². The average molecular weight is 301 g/mol. The Hall–Kier alpha value is -2.05. The first-order chi connectivity index (χ1) is 9.79. The van der Waals surface area contributed by atoms with Crippen LogP contribution in [0.3, 0.4) is 0 Å². The monoisotopic (exact) mass is 301 g/mol. The summed E-state index contributed by atoms with van der Waals surface area (Å²) in [5.41, 5.74) is -1.43. The molecule has 1 amide bonds. The Morgan fingerprint density at radius 1 is 1.19 bits per heavy atom. The van der Waals surface area contributed by atoms with Crippen LogP contribution in [0.25, 0.3) is 0 Å². The minimum Gasteiger partial charge on any atom is -0.481 e. The van der Waals surface area contributed by atoms with Crippen LogP contribution < -0.4 is 5.32 Å². The zero-order chi connectivity index (χ0) is 15.6. The van der Waals surface area contributed by atoms with Crippen molar-refractivity contribution < 1.29 is 27.9 Å². The second kappa shape index (κ2) is 5.75. The molecule has 7 heteroatoms. The summed E-state index contributed by atoms with van der Waals surface area (Å²) >= 11 is 0. The molecule has 2 N–H and O–H groups in total. The molecule has 114 valence electrons. The predicted molar refractivity (Wildman–Crippen MR) is 67.7 cm³/mol. The van der Waals surface area contributed by atoms with Gasteiger partial charge in [-0.2, -0.15) is 13.2 Å². The number of aliphatic carboxylic acids is 1. The number of nitrogens with one attached hydrogen (secondary N) is 1. The third-order valence-corrected chi connectivity index (χ3v) is 3.59. The molecule has 0 bridgehead atoms. The lowest BCUT2D eigenvalue weighted by molar-refractivity contribution is -0.141. The van der Waals surface area contributed by atoms with Crippen molar-refractivity contribution in [3.63, 3.8) is 0 Å². The van der Waals surface area contributed by atoms with Gasteiger partial charge in [0.2, 0.25) is 0 Å². The van der Waals surface area contributed by atoms with Gasteiger partial charge < -0.3 is 10.4 Å². The van der Waals surface area contributed by atoms with E-state index < -0.39 is 41.1 Å². The highest BCUT2D eigenvalue weighted by Gasteiger charge is 2.36. The Labute approximate surface area is 119 Å². The lowest BCUT2D eigenvalue weighted by Gasteiger charge is -2.16. The first kappa shape index (κ1) is 15.3. The zero-order valence-corrected chi connectivity index (χ0v) is 11.0. The van der Waals surface area contributed by atoms with Gasteiger partial charge in [0.1, 0.15) is 0 Å². The van der Waals surface area contributed by atoms with Gasteiger partial charge in [0.25, 0.3) is 5.91 Å². The third kappa shape index (κ3) is 3.53. The van der Waals surface area contributed by atoms with Gasteiger partial charge in [-0.05, 0) is 31.4 Å². The number of carbonyl (C=O) groups is 2. The molecule has 1 aromatic carbocycles. The number of alkyl halides is 3. The second-order valence-corrected chi connectivity index (χ2v) is 5.06. The topological polar surface area (TPSA) is 66.4 Å². The Bertz CT molecular complexity index is 557. The number of benzene rings is 1. The summed E-state index contributed by atoms with van der Waals surface area (Å²) < 4.78 is 38.5. The molecule has 1 aliphatic rings. The molecule has 1 saturated carbocycles. The minimum absolute atomic E-state index is 0.245. The first-order valence-electron chi connectivity index (χ1n) is 6.49. The number of hydrogen-bond acceptors (Lipinski definition) is 2. The van der Waals surface area contributed by atoms with E-state index in [-0.39, 0.29) is 6.42 Å². The number of carboxylic acid groups (broad SMARTS) is 1. The summed E-state index contributed by atoms with van der Waals surface area (Å²) in [5, 5.41) is 11.4. The second-order valence-electron chi connectivity index (χ2n) is 5.06. The summed E-state index contributed by atoms with van der Waals surface area (Å²) in [6, 6.07) is 4.14. The highest BCUT2D eigenvalue weighted by molar-refractivity contribution is 5.96. The molecule has 0 aliphatic heterocycles. The number of hydrogen-bond donors (Lipinski definition) is 2. The van der Waals surface area contributed by atoms with E-state index in [1.807, 2.05) is 0 Å². The van der Waals surface area contributed by atoms with Gasteiger partial charge >= 0.3 is 12.1 Å². The predicted octanol–water partition coefficient (Wildman–Crippen LogP) is 2.69. The van der Waals surface area contributed by atoms with Crippen molar-refractivity contribution in [3.8, 4) is 0 Å². The fourth-order valence-electron chi connectivity index (χ4n) is 2.53. The first-order valence-corrected chi connectivity index (χ1v) is 6.49. The normalized spacial score (nSPS) is 22.0. The molecule has 0 aromatic heterocycles. The van der Waals surface area contributed by atoms with Crippen molar-refractivity contribution in [3.05, 3.63) is 35.4 Å². The third-order valence-electron chi connectivity index (χ3n) is 3.59. The molecule has 0 heterocycles. The molecule has 0 unspecified atom stereocenters. The average Bonchev–Trinajstić information content (AvgIpc) is 2.86. The van der Waals surface area contributed by atoms with Gasteiger partial charge in [0.15, 0.2) is 0 Å². The molecule has 0 spiro atoms. The summed E-state index contributed by atoms with van der Waals surface area (Å²) in [7, 11) is 0. The van der Waals surface area contributed by atoms with Crippen LogP contribution in [0.5, 0.6) is 0 Å². The molecule has 4 nitrogen and oxygen atoms in total. The van der Waals surface area contributed by atoms with E-state index in [0.717, 1.165) is 12.1 Å². The van der Waals surface area contributed by atoms with Gasteiger partial charge in [-0.3, -0.25) is 9.59 Å². The molecular weight excluding hydrogens is 287 g/mol. The van der Waals surface area contributed by atoms with Crippen LogP contribution >= 0.6 is 0 Å². The maximum Gasteiger partial charge on any atom is 0.417 e. The molecular formula is C14H14F3NO3. The highest BCUT2D eigenvalue weighted by atomic mass is 19.4. The molecule has 2 rings (SSSR count). The van der Waals surface area contributed by atoms with Crippen molar-refractivity contribution in [1.82, 2.24) is 5.32 Å². The van der Waals surface area contributed by atoms with Gasteiger partial charge in [0.05, 0.1) is 17.0 Å². The summed E-state index contributed by atoms with van der Waals surface area (Å²) in [6.45, 7) is 0. The Kier molecular flexibility index (Phi) is 4.20. The number of carbonyl (C=O) groups excluding carboxylic acids is 1. The largest absolute Gasteiger partial charge is 0.481 e. The summed E-state index contributed by atoms with van der Waals surface area (Å²) in [4.78, 5) is 22.8. The number of halogens is 3. The quantitative estimate of drug-likeness (QED) is 0.902. The standard InChI is InChI=1S/C14H14F3NO3/c15-14(16,17)11-4-2-1-3-10(11)12(19)18-9-6-5-8(7-9)13(20)21/h1-4,8-9H,5-7H2,(H,18,19)(H,20,21)/t8-,9+/m0/s1. The lowest BCUT2D eigenvalue weighted by Crippen LogP contribution is -2.34. The van der Waals surface area contributed by atoms with Gasteiger partial charge in [0, 0.05) is 6.04 Å². The van der Waals surface area contributed by atoms with Crippen LogP contribution in [0.15, 0.2) is 24.3 Å². The van der Waals surface area contributed by atoms with Gasteiger partial charge in [-0.1, -0.05) is 12.1 Å². The highest BCUT2D eigenvalue weighted by Crippen LogP contribution is 2.32. The molecule has 1 aliphatic carbocycles. The molecule has 1 fully saturated rings. The molecule has 1 aromatic rings. The molecule has 0 radical (unpaired) electrons. The number of rotatable bonds is 3. The van der Waals surface area contributed by atoms with E-state index in [1.54, 1.807) is 0 Å². The number of amides is 1. The molecule has 21 heavy (non-hydrogen) atoms. The zero-order valence-electron chi connectivity index (χ0n) is 11.0.